The maximum absolute atomic E-state index is 13.8. The van der Waals surface area contributed by atoms with E-state index in [0.717, 1.165) is 0 Å². The third kappa shape index (κ3) is 3.15. The quantitative estimate of drug-likeness (QED) is 0.785. The van der Waals surface area contributed by atoms with Crippen molar-refractivity contribution in [1.82, 2.24) is 0 Å². The van der Waals surface area contributed by atoms with Gasteiger partial charge in [-0.25, -0.2) is 4.39 Å². The highest BCUT2D eigenvalue weighted by atomic mass is 19.1. The van der Waals surface area contributed by atoms with Gasteiger partial charge in [0.2, 0.25) is 0 Å². The van der Waals surface area contributed by atoms with Crippen molar-refractivity contribution in [2.75, 3.05) is 14.2 Å². The summed E-state index contributed by atoms with van der Waals surface area (Å²) in [6, 6.07) is 11.2. The van der Waals surface area contributed by atoms with Gasteiger partial charge in [0, 0.05) is 18.1 Å². The van der Waals surface area contributed by atoms with E-state index in [0.29, 0.717) is 22.6 Å². The van der Waals surface area contributed by atoms with Crippen molar-refractivity contribution in [1.29, 1.82) is 0 Å². The molecule has 0 bridgehead atoms. The molecule has 0 spiro atoms. The molecule has 0 heterocycles. The van der Waals surface area contributed by atoms with Crippen LogP contribution >= 0.6 is 0 Å². The number of benzene rings is 2. The highest BCUT2D eigenvalue weighted by Crippen LogP contribution is 2.19. The van der Waals surface area contributed by atoms with Gasteiger partial charge in [-0.15, -0.1) is 0 Å². The lowest BCUT2D eigenvalue weighted by molar-refractivity contribution is 0.0991. The van der Waals surface area contributed by atoms with E-state index < -0.39 is 5.82 Å². The molecule has 0 aliphatic rings. The fourth-order valence-electron chi connectivity index (χ4n) is 1.85. The molecule has 3 nitrogen and oxygen atoms in total. The Morgan fingerprint density at radius 2 is 1.60 bits per heavy atom. The van der Waals surface area contributed by atoms with Gasteiger partial charge < -0.3 is 9.47 Å². The summed E-state index contributed by atoms with van der Waals surface area (Å²) in [6.07, 6.45) is 0.0160. The monoisotopic (exact) mass is 274 g/mol. The summed E-state index contributed by atoms with van der Waals surface area (Å²) in [5.41, 5.74) is 0.882. The maximum Gasteiger partial charge on any atom is 0.167 e. The molecule has 0 aliphatic heterocycles. The van der Waals surface area contributed by atoms with E-state index in [2.05, 4.69) is 0 Å². The first-order valence-electron chi connectivity index (χ1n) is 6.13. The molecule has 4 heteroatoms. The van der Waals surface area contributed by atoms with Crippen LogP contribution in [0.15, 0.2) is 42.5 Å². The van der Waals surface area contributed by atoms with Crippen LogP contribution in [0.3, 0.4) is 0 Å². The second kappa shape index (κ2) is 6.19. The smallest absolute Gasteiger partial charge is 0.167 e. The van der Waals surface area contributed by atoms with Crippen LogP contribution < -0.4 is 9.47 Å². The van der Waals surface area contributed by atoms with Crippen molar-refractivity contribution in [3.05, 3.63) is 59.4 Å². The second-order valence-corrected chi connectivity index (χ2v) is 4.29. The minimum Gasteiger partial charge on any atom is -0.497 e. The van der Waals surface area contributed by atoms with E-state index >= 15 is 0 Å². The summed E-state index contributed by atoms with van der Waals surface area (Å²) in [6.45, 7) is 0. The molecule has 104 valence electrons. The summed E-state index contributed by atoms with van der Waals surface area (Å²) in [5, 5.41) is 0. The molecule has 2 aromatic rings. The number of hydrogen-bond acceptors (Lipinski definition) is 3. The largest absolute Gasteiger partial charge is 0.497 e. The number of ketones is 1. The Balaban J connectivity index is 2.14. The first-order chi connectivity index (χ1) is 9.63. The first-order valence-corrected chi connectivity index (χ1v) is 6.13. The molecule has 20 heavy (non-hydrogen) atoms. The average molecular weight is 274 g/mol. The molecule has 0 saturated heterocycles. The Labute approximate surface area is 117 Å². The molecule has 0 fully saturated rings. The lowest BCUT2D eigenvalue weighted by Crippen LogP contribution is -2.05. The van der Waals surface area contributed by atoms with Gasteiger partial charge in [0.25, 0.3) is 0 Å². The van der Waals surface area contributed by atoms with Crippen LogP contribution in [0.2, 0.25) is 0 Å². The first kappa shape index (κ1) is 14.1. The predicted molar refractivity (Wildman–Crippen MR) is 74.0 cm³/mol. The van der Waals surface area contributed by atoms with E-state index in [1.54, 1.807) is 43.5 Å². The number of ether oxygens (including phenoxy) is 2. The molecule has 0 saturated carbocycles. The Kier molecular flexibility index (Phi) is 4.35. The van der Waals surface area contributed by atoms with Crippen LogP contribution in [-0.2, 0) is 6.42 Å². The predicted octanol–water partition coefficient (Wildman–Crippen LogP) is 3.27. The number of hydrogen-bond donors (Lipinski definition) is 0. The standard InChI is InChI=1S/C16H15FO3/c1-19-13-6-3-11(4-7-13)16(18)9-12-5-8-14(20-2)10-15(12)17/h3-8,10H,9H2,1-2H3. The Morgan fingerprint density at radius 1 is 1.00 bits per heavy atom. The summed E-state index contributed by atoms with van der Waals surface area (Å²) in [4.78, 5) is 12.1. The maximum atomic E-state index is 13.8. The highest BCUT2D eigenvalue weighted by Gasteiger charge is 2.11. The van der Waals surface area contributed by atoms with E-state index in [1.807, 2.05) is 0 Å². The normalized spacial score (nSPS) is 10.2. The van der Waals surface area contributed by atoms with Crippen LogP contribution in [0.25, 0.3) is 0 Å². The zero-order chi connectivity index (χ0) is 14.5. The lowest BCUT2D eigenvalue weighted by atomic mass is 10.0. The van der Waals surface area contributed by atoms with Crippen LogP contribution in [0.1, 0.15) is 15.9 Å². The second-order valence-electron chi connectivity index (χ2n) is 4.29. The van der Waals surface area contributed by atoms with Crippen molar-refractivity contribution >= 4 is 5.78 Å². The fourth-order valence-corrected chi connectivity index (χ4v) is 1.85. The fraction of sp³-hybridized carbons (Fsp3) is 0.188. The molecular weight excluding hydrogens is 259 g/mol. The Morgan fingerprint density at radius 3 is 2.15 bits per heavy atom. The highest BCUT2D eigenvalue weighted by molar-refractivity contribution is 5.97. The van der Waals surface area contributed by atoms with Gasteiger partial charge in [0.15, 0.2) is 5.78 Å². The molecule has 0 aliphatic carbocycles. The molecule has 0 aromatic heterocycles. The molecule has 0 unspecified atom stereocenters. The molecule has 0 amide bonds. The van der Waals surface area contributed by atoms with Gasteiger partial charge in [0.05, 0.1) is 14.2 Å². The third-order valence-electron chi connectivity index (χ3n) is 3.02. The Bertz CT molecular complexity index is 606. The number of carbonyl (C=O) groups is 1. The van der Waals surface area contributed by atoms with Gasteiger partial charge in [-0.1, -0.05) is 6.07 Å². The average Bonchev–Trinajstić information content (AvgIpc) is 2.49. The number of halogens is 1. The van der Waals surface area contributed by atoms with Crippen molar-refractivity contribution in [3.8, 4) is 11.5 Å². The summed E-state index contributed by atoms with van der Waals surface area (Å²) in [7, 11) is 3.03. The van der Waals surface area contributed by atoms with Crippen LogP contribution in [0, 0.1) is 5.82 Å². The van der Waals surface area contributed by atoms with Crippen molar-refractivity contribution in [2.45, 2.75) is 6.42 Å². The molecule has 0 radical (unpaired) electrons. The SMILES string of the molecule is COc1ccc(C(=O)Cc2ccc(OC)cc2F)cc1. The zero-order valence-corrected chi connectivity index (χ0v) is 11.4. The van der Waals surface area contributed by atoms with Gasteiger partial charge in [0.1, 0.15) is 17.3 Å². The van der Waals surface area contributed by atoms with Gasteiger partial charge in [-0.2, -0.15) is 0 Å². The lowest BCUT2D eigenvalue weighted by Gasteiger charge is -2.06. The summed E-state index contributed by atoms with van der Waals surface area (Å²) >= 11 is 0. The van der Waals surface area contributed by atoms with Crippen molar-refractivity contribution in [2.24, 2.45) is 0 Å². The summed E-state index contributed by atoms with van der Waals surface area (Å²) < 4.78 is 23.7. The third-order valence-corrected chi connectivity index (χ3v) is 3.02. The van der Waals surface area contributed by atoms with Crippen LogP contribution in [0.4, 0.5) is 4.39 Å². The molecule has 0 atom stereocenters. The van der Waals surface area contributed by atoms with E-state index in [1.165, 1.54) is 13.2 Å². The number of rotatable bonds is 5. The van der Waals surface area contributed by atoms with Crippen molar-refractivity contribution in [3.63, 3.8) is 0 Å². The number of methoxy groups -OCH3 is 2. The molecule has 2 rings (SSSR count). The molecular formula is C16H15FO3. The molecule has 2 aromatic carbocycles. The Hall–Kier alpha value is -2.36. The topological polar surface area (TPSA) is 35.5 Å². The molecule has 0 N–H and O–H groups in total. The van der Waals surface area contributed by atoms with Gasteiger partial charge in [-0.3, -0.25) is 4.79 Å². The van der Waals surface area contributed by atoms with Gasteiger partial charge in [-0.05, 0) is 35.9 Å². The number of Topliss-reactive ketones (excluding diaryl/α,β-unsaturated/α-hetero) is 1. The van der Waals surface area contributed by atoms with E-state index in [-0.39, 0.29) is 12.2 Å². The van der Waals surface area contributed by atoms with Gasteiger partial charge >= 0.3 is 0 Å². The minimum atomic E-state index is -0.439. The van der Waals surface area contributed by atoms with Crippen molar-refractivity contribution < 1.29 is 18.7 Å². The van der Waals surface area contributed by atoms with Crippen LogP contribution in [0.5, 0.6) is 11.5 Å². The van der Waals surface area contributed by atoms with Crippen LogP contribution in [-0.4, -0.2) is 20.0 Å². The summed E-state index contributed by atoms with van der Waals surface area (Å²) in [5.74, 6) is 0.531. The zero-order valence-electron chi connectivity index (χ0n) is 11.4. The number of carbonyl (C=O) groups excluding carboxylic acids is 1. The van der Waals surface area contributed by atoms with E-state index in [9.17, 15) is 9.18 Å². The van der Waals surface area contributed by atoms with E-state index in [4.69, 9.17) is 9.47 Å². The minimum absolute atomic E-state index is 0.0160.